The van der Waals surface area contributed by atoms with Gasteiger partial charge in [0, 0.05) is 19.3 Å². The summed E-state index contributed by atoms with van der Waals surface area (Å²) >= 11 is 0. The largest absolute Gasteiger partial charge is 0.494 e. The number of sulfonamides is 1. The van der Waals surface area contributed by atoms with Crippen molar-refractivity contribution in [3.8, 4) is 5.75 Å². The quantitative estimate of drug-likeness (QED) is 0.868. The summed E-state index contributed by atoms with van der Waals surface area (Å²) in [5.41, 5.74) is 1.78. The summed E-state index contributed by atoms with van der Waals surface area (Å²) < 4.78 is 45.5. The van der Waals surface area contributed by atoms with E-state index in [1.807, 2.05) is 0 Å². The minimum Gasteiger partial charge on any atom is -0.494 e. The molecule has 138 valence electrons. The van der Waals surface area contributed by atoms with Gasteiger partial charge in [0.25, 0.3) is 0 Å². The van der Waals surface area contributed by atoms with Crippen molar-refractivity contribution in [2.45, 2.75) is 24.3 Å². The number of halogens is 1. The van der Waals surface area contributed by atoms with Gasteiger partial charge in [-0.15, -0.1) is 0 Å². The zero-order valence-corrected chi connectivity index (χ0v) is 15.4. The van der Waals surface area contributed by atoms with Crippen molar-refractivity contribution in [1.82, 2.24) is 4.31 Å². The maximum absolute atomic E-state index is 13.8. The van der Waals surface area contributed by atoms with Gasteiger partial charge in [0.15, 0.2) is 11.6 Å². The molecule has 0 fully saturated rings. The molecule has 0 aliphatic carbocycles. The van der Waals surface area contributed by atoms with Gasteiger partial charge in [0.2, 0.25) is 15.9 Å². The molecular formula is C18H19FN2O4S. The predicted molar refractivity (Wildman–Crippen MR) is 95.1 cm³/mol. The Bertz CT molecular complexity index is 975. The van der Waals surface area contributed by atoms with E-state index in [1.54, 1.807) is 19.1 Å². The number of amides is 1. The van der Waals surface area contributed by atoms with Crippen LogP contribution in [-0.2, 0) is 21.4 Å². The van der Waals surface area contributed by atoms with Crippen LogP contribution >= 0.6 is 0 Å². The van der Waals surface area contributed by atoms with E-state index in [4.69, 9.17) is 4.74 Å². The fourth-order valence-corrected chi connectivity index (χ4v) is 4.08. The number of rotatable bonds is 5. The van der Waals surface area contributed by atoms with Gasteiger partial charge < -0.3 is 10.1 Å². The number of nitrogens with one attached hydrogen (secondary N) is 1. The third-order valence-corrected chi connectivity index (χ3v) is 6.27. The molecule has 2 aromatic rings. The van der Waals surface area contributed by atoms with Crippen molar-refractivity contribution in [3.63, 3.8) is 0 Å². The van der Waals surface area contributed by atoms with Crippen LogP contribution in [0.3, 0.4) is 0 Å². The molecule has 1 N–H and O–H groups in total. The second kappa shape index (κ2) is 6.69. The summed E-state index contributed by atoms with van der Waals surface area (Å²) in [7, 11) is -0.995. The van der Waals surface area contributed by atoms with Crippen molar-refractivity contribution < 1.29 is 22.3 Å². The lowest BCUT2D eigenvalue weighted by molar-refractivity contribution is -0.116. The number of ether oxygens (including phenoxy) is 1. The summed E-state index contributed by atoms with van der Waals surface area (Å²) in [6.07, 6.45) is 0. The van der Waals surface area contributed by atoms with E-state index in [9.17, 15) is 17.6 Å². The maximum Gasteiger partial charge on any atom is 0.243 e. The summed E-state index contributed by atoms with van der Waals surface area (Å²) in [6.45, 7) is 1.73. The Morgan fingerprint density at radius 2 is 1.96 bits per heavy atom. The summed E-state index contributed by atoms with van der Waals surface area (Å²) in [5, 5.41) is 2.71. The van der Waals surface area contributed by atoms with Crippen molar-refractivity contribution in [2.75, 3.05) is 19.5 Å². The highest BCUT2D eigenvalue weighted by atomic mass is 32.2. The average Bonchev–Trinajstić information content (AvgIpc) is 2.89. The van der Waals surface area contributed by atoms with Crippen LogP contribution in [0.2, 0.25) is 0 Å². The van der Waals surface area contributed by atoms with E-state index in [0.29, 0.717) is 16.8 Å². The number of nitrogens with zero attached hydrogens (tertiary/aromatic N) is 1. The molecule has 0 bridgehead atoms. The molecule has 1 aliphatic heterocycles. The topological polar surface area (TPSA) is 75.7 Å². The monoisotopic (exact) mass is 378 g/mol. The van der Waals surface area contributed by atoms with Crippen LogP contribution in [0.4, 0.5) is 10.1 Å². The van der Waals surface area contributed by atoms with Crippen LogP contribution < -0.4 is 10.1 Å². The van der Waals surface area contributed by atoms with Crippen LogP contribution in [0.5, 0.6) is 5.75 Å². The Labute approximate surface area is 151 Å². The van der Waals surface area contributed by atoms with Gasteiger partial charge >= 0.3 is 0 Å². The van der Waals surface area contributed by atoms with Gasteiger partial charge in [-0.25, -0.2) is 12.8 Å². The zero-order valence-electron chi connectivity index (χ0n) is 14.6. The number of benzene rings is 2. The van der Waals surface area contributed by atoms with Gasteiger partial charge in [0.05, 0.1) is 17.9 Å². The van der Waals surface area contributed by atoms with E-state index in [0.717, 1.165) is 4.31 Å². The first kappa shape index (κ1) is 18.3. The number of fused-ring (bicyclic) bond motifs is 1. The number of carbonyl (C=O) groups excluding carboxylic acids is 1. The van der Waals surface area contributed by atoms with Crippen LogP contribution in [0.15, 0.2) is 41.3 Å². The van der Waals surface area contributed by atoms with Gasteiger partial charge in [0.1, 0.15) is 0 Å². The fourth-order valence-electron chi connectivity index (χ4n) is 2.89. The van der Waals surface area contributed by atoms with Crippen molar-refractivity contribution in [1.29, 1.82) is 0 Å². The Kier molecular flexibility index (Phi) is 4.72. The van der Waals surface area contributed by atoms with Crippen LogP contribution in [0.1, 0.15) is 24.0 Å². The fraction of sp³-hybridized carbons (Fsp3) is 0.278. The zero-order chi connectivity index (χ0) is 19.1. The SMILES string of the molecule is COc1ccc(CN(C)S(=O)(=O)c2ccc3c(c2)[C@H](C)C(=O)N3)cc1F. The van der Waals surface area contributed by atoms with Crippen molar-refractivity contribution in [3.05, 3.63) is 53.3 Å². The van der Waals surface area contributed by atoms with E-state index < -0.39 is 21.8 Å². The van der Waals surface area contributed by atoms with Crippen LogP contribution in [0.25, 0.3) is 0 Å². The van der Waals surface area contributed by atoms with E-state index in [2.05, 4.69) is 5.32 Å². The third-order valence-electron chi connectivity index (χ3n) is 4.47. The van der Waals surface area contributed by atoms with E-state index in [-0.39, 0.29) is 23.1 Å². The highest BCUT2D eigenvalue weighted by Crippen LogP contribution is 2.34. The second-order valence-electron chi connectivity index (χ2n) is 6.19. The summed E-state index contributed by atoms with van der Waals surface area (Å²) in [6, 6.07) is 8.87. The van der Waals surface area contributed by atoms with Gasteiger partial charge in [-0.1, -0.05) is 6.07 Å². The minimum atomic E-state index is -3.79. The Morgan fingerprint density at radius 3 is 2.62 bits per heavy atom. The first-order chi connectivity index (χ1) is 12.2. The van der Waals surface area contributed by atoms with Gasteiger partial charge in [-0.3, -0.25) is 4.79 Å². The number of hydrogen-bond acceptors (Lipinski definition) is 4. The number of carbonyl (C=O) groups is 1. The molecule has 0 unspecified atom stereocenters. The average molecular weight is 378 g/mol. The molecule has 0 radical (unpaired) electrons. The summed E-state index contributed by atoms with van der Waals surface area (Å²) in [5.74, 6) is -1.01. The normalized spacial score (nSPS) is 16.5. The molecule has 3 rings (SSSR count). The first-order valence-electron chi connectivity index (χ1n) is 7.97. The molecule has 26 heavy (non-hydrogen) atoms. The van der Waals surface area contributed by atoms with Crippen molar-refractivity contribution >= 4 is 21.6 Å². The van der Waals surface area contributed by atoms with Crippen molar-refractivity contribution in [2.24, 2.45) is 0 Å². The Morgan fingerprint density at radius 1 is 1.23 bits per heavy atom. The molecule has 1 aliphatic rings. The molecule has 1 amide bonds. The highest BCUT2D eigenvalue weighted by molar-refractivity contribution is 7.89. The third kappa shape index (κ3) is 3.17. The van der Waals surface area contributed by atoms with E-state index in [1.165, 1.54) is 38.4 Å². The first-order valence-corrected chi connectivity index (χ1v) is 9.41. The highest BCUT2D eigenvalue weighted by Gasteiger charge is 2.29. The Hall–Kier alpha value is -2.45. The van der Waals surface area contributed by atoms with Gasteiger partial charge in [-0.2, -0.15) is 4.31 Å². The lowest BCUT2D eigenvalue weighted by Gasteiger charge is -2.18. The van der Waals surface area contributed by atoms with Crippen LogP contribution in [-0.4, -0.2) is 32.8 Å². The molecule has 0 spiro atoms. The lowest BCUT2D eigenvalue weighted by Crippen LogP contribution is -2.26. The number of hydrogen-bond donors (Lipinski definition) is 1. The minimum absolute atomic E-state index is 0.00701. The second-order valence-corrected chi connectivity index (χ2v) is 8.23. The molecule has 2 aromatic carbocycles. The molecule has 8 heteroatoms. The van der Waals surface area contributed by atoms with Crippen LogP contribution in [0, 0.1) is 5.82 Å². The smallest absolute Gasteiger partial charge is 0.243 e. The molecule has 0 saturated carbocycles. The maximum atomic E-state index is 13.8. The Balaban J connectivity index is 1.86. The molecular weight excluding hydrogens is 359 g/mol. The molecule has 1 atom stereocenters. The summed E-state index contributed by atoms with van der Waals surface area (Å²) in [4.78, 5) is 11.8. The predicted octanol–water partition coefficient (Wildman–Crippen LogP) is 2.71. The number of anilines is 1. The van der Waals surface area contributed by atoms with E-state index >= 15 is 0 Å². The lowest BCUT2D eigenvalue weighted by atomic mass is 10.0. The van der Waals surface area contributed by atoms with Gasteiger partial charge in [-0.05, 0) is 48.4 Å². The molecule has 6 nitrogen and oxygen atoms in total. The number of methoxy groups -OCH3 is 1. The molecule has 1 heterocycles. The molecule has 0 aromatic heterocycles. The standard InChI is InChI=1S/C18H19FN2O4S/c1-11-14-9-13(5-6-16(14)20-18(11)22)26(23,24)21(2)10-12-4-7-17(25-3)15(19)8-12/h4-9,11H,10H2,1-3H3,(H,20,22)/t11-/m0/s1. The molecule has 0 saturated heterocycles.